The van der Waals surface area contributed by atoms with Gasteiger partial charge < -0.3 is 87.8 Å². The number of hydrogen-bond donors (Lipinski definition) is 3. The van der Waals surface area contributed by atoms with Crippen molar-refractivity contribution in [1.29, 1.82) is 0 Å². The van der Waals surface area contributed by atoms with E-state index in [1.165, 1.54) is 0 Å². The number of hydrogen-bond acceptors (Lipinski definition) is 21. The maximum atomic E-state index is 10.9. The van der Waals surface area contributed by atoms with Crippen molar-refractivity contribution in [2.24, 2.45) is 0 Å². The van der Waals surface area contributed by atoms with Crippen molar-refractivity contribution < 1.29 is 130 Å². The van der Waals surface area contributed by atoms with Crippen LogP contribution in [0.1, 0.15) is 34.8 Å². The van der Waals surface area contributed by atoms with Gasteiger partial charge in [-0.05, 0) is 33.4 Å². The second kappa shape index (κ2) is 56.5. The molecule has 0 radical (unpaired) electrons. The summed E-state index contributed by atoms with van der Waals surface area (Å²) in [5.74, 6) is 0. The molecular weight excluding hydrogens is 1240 g/mol. The van der Waals surface area contributed by atoms with Gasteiger partial charge in [-0.2, -0.15) is 8.42 Å². The van der Waals surface area contributed by atoms with E-state index in [9.17, 15) is 8.42 Å². The van der Waals surface area contributed by atoms with E-state index in [1.807, 2.05) is 109 Å². The molecule has 6 aromatic rings. The van der Waals surface area contributed by atoms with Crippen molar-refractivity contribution in [1.82, 2.24) is 0 Å². The molecule has 0 aromatic heterocycles. The first-order chi connectivity index (χ1) is 45.8. The minimum absolute atomic E-state index is 0. The monoisotopic (exact) mass is 1340 g/mol. The van der Waals surface area contributed by atoms with Crippen LogP contribution in [0.5, 0.6) is 0 Å². The van der Waals surface area contributed by atoms with E-state index in [0.717, 1.165) is 39.6 Å². The molecule has 6 aromatic carbocycles. The van der Waals surface area contributed by atoms with Crippen LogP contribution in [0, 0.1) is 0 Å². The van der Waals surface area contributed by atoms with E-state index in [2.05, 4.69) is 77.0 Å². The van der Waals surface area contributed by atoms with Crippen molar-refractivity contribution >= 4 is 10.1 Å². The van der Waals surface area contributed by atoms with E-state index in [1.54, 1.807) is 0 Å². The Morgan fingerprint density at radius 2 is 0.404 bits per heavy atom. The Bertz CT molecular complexity index is 2520. The molecule has 6 rings (SSSR count). The molecule has 0 heterocycles. The third-order valence-corrected chi connectivity index (χ3v) is 13.7. The Labute approximate surface area is 580 Å². The van der Waals surface area contributed by atoms with Crippen molar-refractivity contribution in [2.75, 3.05) is 218 Å². The van der Waals surface area contributed by atoms with Crippen molar-refractivity contribution in [3.05, 3.63) is 215 Å². The van der Waals surface area contributed by atoms with Gasteiger partial charge in [-0.3, -0.25) is 4.18 Å². The Hall–Kier alpha value is -4.49. The van der Waals surface area contributed by atoms with Crippen LogP contribution in [-0.2, 0) is 96.6 Å². The van der Waals surface area contributed by atoms with Gasteiger partial charge in [0.05, 0.1) is 218 Å². The molecule has 0 aliphatic heterocycles. The van der Waals surface area contributed by atoms with E-state index >= 15 is 0 Å². The van der Waals surface area contributed by atoms with Crippen molar-refractivity contribution in [2.45, 2.75) is 11.2 Å². The van der Waals surface area contributed by atoms with Crippen molar-refractivity contribution in [3.63, 3.8) is 0 Å². The van der Waals surface area contributed by atoms with Gasteiger partial charge in [-0.1, -0.05) is 182 Å². The van der Waals surface area contributed by atoms with Crippen LogP contribution in [0.25, 0.3) is 0 Å². The van der Waals surface area contributed by atoms with E-state index in [0.29, 0.717) is 178 Å². The molecule has 21 nitrogen and oxygen atoms in total. The standard InChI is InChI=1S/C35H48O9.C28H34O7S.C8H18O5.Na.H/c36-16-17-37-18-19-38-20-21-39-22-23-40-24-25-41-26-27-42-28-29-43-30-31-44-35(32-10-4-1-5-11-32,33-12-6-2-7-13-33)34-14-8-3-9-15-34;1-36(29,30)35-24-22-33-20-18-31-17-19-32-21-23-34-28(25-11-5-2-6-12-25,26-13-7-3-8-14-26)27-15-9-4-10-16-27;9-1-3-11-5-7-13-8-6-12-4-2-10;;/h1-15,36H,16-31H2;2-16H,17-24H2,1H3;9-10H,1-8H2;;/q;;;+1;-1. The molecule has 94 heavy (non-hydrogen) atoms. The van der Waals surface area contributed by atoms with Gasteiger partial charge in [0.15, 0.2) is 0 Å². The first-order valence-electron chi connectivity index (χ1n) is 31.6. The van der Waals surface area contributed by atoms with Crippen LogP contribution < -0.4 is 29.6 Å². The zero-order chi connectivity index (χ0) is 66.1. The molecule has 0 atom stereocenters. The SMILES string of the molecule is CS(=O)(=O)OCCOCCOCCOCCOC(c1ccccc1)(c1ccccc1)c1ccccc1.OCCOCCOCCOCCO.OCCOCCOCCOCCOCCOCCOCCOCCOC(c1ccccc1)(c1ccccc1)c1ccccc1.[H-].[Na+]. The molecule has 0 aliphatic carbocycles. The fourth-order valence-electron chi connectivity index (χ4n) is 8.99. The summed E-state index contributed by atoms with van der Waals surface area (Å²) in [5.41, 5.74) is 4.84. The normalized spacial score (nSPS) is 11.5. The Morgan fingerprint density at radius 3 is 0.564 bits per heavy atom. The molecule has 0 aliphatic rings. The van der Waals surface area contributed by atoms with Gasteiger partial charge in [-0.25, -0.2) is 0 Å². The smallest absolute Gasteiger partial charge is 1.00 e. The summed E-state index contributed by atoms with van der Waals surface area (Å²) < 4.78 is 110. The summed E-state index contributed by atoms with van der Waals surface area (Å²) in [6, 6.07) is 61.6. The largest absolute Gasteiger partial charge is 1.00 e. The predicted molar refractivity (Wildman–Crippen MR) is 354 cm³/mol. The average molecular weight is 1350 g/mol. The van der Waals surface area contributed by atoms with Crippen LogP contribution in [0.3, 0.4) is 0 Å². The molecule has 518 valence electrons. The molecule has 0 saturated heterocycles. The first kappa shape index (κ1) is 83.7. The van der Waals surface area contributed by atoms with Gasteiger partial charge in [-0.15, -0.1) is 0 Å². The van der Waals surface area contributed by atoms with E-state index < -0.39 is 21.3 Å². The average Bonchev–Trinajstić information content (AvgIpc) is 0.779. The van der Waals surface area contributed by atoms with Gasteiger partial charge in [0, 0.05) is 0 Å². The van der Waals surface area contributed by atoms with E-state index in [4.69, 9.17) is 86.4 Å². The maximum absolute atomic E-state index is 10.9. The second-order valence-electron chi connectivity index (χ2n) is 19.9. The summed E-state index contributed by atoms with van der Waals surface area (Å²) >= 11 is 0. The van der Waals surface area contributed by atoms with Crippen LogP contribution >= 0.6 is 0 Å². The molecule has 23 heteroatoms. The molecule has 0 bridgehead atoms. The first-order valence-corrected chi connectivity index (χ1v) is 33.4. The zero-order valence-electron chi connectivity index (χ0n) is 56.0. The van der Waals surface area contributed by atoms with Crippen LogP contribution in [0.2, 0.25) is 0 Å². The molecule has 0 saturated carbocycles. The summed E-state index contributed by atoms with van der Waals surface area (Å²) in [5, 5.41) is 25.3. The summed E-state index contributed by atoms with van der Waals surface area (Å²) in [6.45, 7) is 12.5. The number of ether oxygens (including phenoxy) is 15. The van der Waals surface area contributed by atoms with Crippen LogP contribution in [-0.4, -0.2) is 241 Å². The maximum Gasteiger partial charge on any atom is 1.00 e. The minimum atomic E-state index is -3.43. The van der Waals surface area contributed by atoms with Crippen LogP contribution in [0.15, 0.2) is 182 Å². The second-order valence-corrected chi connectivity index (χ2v) is 21.6. The van der Waals surface area contributed by atoms with Gasteiger partial charge >= 0.3 is 29.6 Å². The number of aliphatic hydroxyl groups excluding tert-OH is 3. The topological polar surface area (TPSA) is 243 Å². The van der Waals surface area contributed by atoms with Crippen molar-refractivity contribution in [3.8, 4) is 0 Å². The van der Waals surface area contributed by atoms with Gasteiger partial charge in [0.1, 0.15) is 11.2 Å². The molecule has 0 fully saturated rings. The van der Waals surface area contributed by atoms with Crippen LogP contribution in [0.4, 0.5) is 0 Å². The molecule has 0 amide bonds. The number of benzene rings is 6. The minimum Gasteiger partial charge on any atom is -1.00 e. The predicted octanol–water partition coefficient (Wildman–Crippen LogP) is 4.26. The fourth-order valence-corrected chi connectivity index (χ4v) is 9.36. The Morgan fingerprint density at radius 1 is 0.255 bits per heavy atom. The third kappa shape index (κ3) is 36.7. The van der Waals surface area contributed by atoms with Gasteiger partial charge in [0.25, 0.3) is 10.1 Å². The molecule has 0 unspecified atom stereocenters. The Balaban J connectivity index is 0.000000542. The Kier molecular flexibility index (Phi) is 50.3. The fraction of sp³-hybridized carbons (Fsp3) is 0.493. The van der Waals surface area contributed by atoms with E-state index in [-0.39, 0.29) is 64.0 Å². The molecule has 3 N–H and O–H groups in total. The summed E-state index contributed by atoms with van der Waals surface area (Å²) in [7, 11) is -3.43. The summed E-state index contributed by atoms with van der Waals surface area (Å²) in [6.07, 6.45) is 1.01. The van der Waals surface area contributed by atoms with Gasteiger partial charge in [0.2, 0.25) is 0 Å². The zero-order valence-corrected chi connectivity index (χ0v) is 57.9. The summed E-state index contributed by atoms with van der Waals surface area (Å²) in [4.78, 5) is 0. The number of rotatable bonds is 54. The molecule has 0 spiro atoms. The molecular formula is C71H101NaO21S. The quantitative estimate of drug-likeness (QED) is 0.0209. The number of aliphatic hydroxyl groups is 3. The third-order valence-electron chi connectivity index (χ3n) is 13.1.